The molecule has 1 saturated carbocycles. The van der Waals surface area contributed by atoms with E-state index in [-0.39, 0.29) is 17.5 Å². The number of ketones is 1. The van der Waals surface area contributed by atoms with Gasteiger partial charge in [0.1, 0.15) is 5.78 Å². The van der Waals surface area contributed by atoms with Crippen LogP contribution in [-0.4, -0.2) is 20.0 Å². The maximum absolute atomic E-state index is 12.1. The molecule has 1 aromatic rings. The molecule has 0 aliphatic heterocycles. The summed E-state index contributed by atoms with van der Waals surface area (Å²) in [5.74, 6) is 0.238. The van der Waals surface area contributed by atoms with Crippen molar-refractivity contribution >= 4 is 31.6 Å². The fourth-order valence-corrected chi connectivity index (χ4v) is 3.90. The Morgan fingerprint density at radius 3 is 2.44 bits per heavy atom. The number of benzene rings is 1. The van der Waals surface area contributed by atoms with Crippen molar-refractivity contribution in [3.63, 3.8) is 0 Å². The molecule has 0 spiro atoms. The van der Waals surface area contributed by atoms with Gasteiger partial charge in [-0.2, -0.15) is 0 Å². The van der Waals surface area contributed by atoms with Crippen molar-refractivity contribution in [1.29, 1.82) is 0 Å². The van der Waals surface area contributed by atoms with Crippen LogP contribution >= 0.6 is 15.9 Å². The van der Waals surface area contributed by atoms with Crippen LogP contribution in [0, 0.1) is 5.92 Å². The van der Waals surface area contributed by atoms with Gasteiger partial charge in [0.05, 0.1) is 10.6 Å². The smallest absolute Gasteiger partial charge is 0.178 e. The van der Waals surface area contributed by atoms with Gasteiger partial charge in [-0.1, -0.05) is 15.9 Å². The molecule has 5 heteroatoms. The second-order valence-corrected chi connectivity index (χ2v) is 7.64. The summed E-state index contributed by atoms with van der Waals surface area (Å²) in [5.41, 5.74) is 0. The molecule has 1 fully saturated rings. The maximum Gasteiger partial charge on any atom is 0.178 e. The highest BCUT2D eigenvalue weighted by Gasteiger charge is 2.26. The highest BCUT2D eigenvalue weighted by Crippen LogP contribution is 2.26. The van der Waals surface area contributed by atoms with Crippen molar-refractivity contribution in [1.82, 2.24) is 0 Å². The van der Waals surface area contributed by atoms with Gasteiger partial charge in [0.15, 0.2) is 9.84 Å². The highest BCUT2D eigenvalue weighted by atomic mass is 79.9. The first kappa shape index (κ1) is 13.7. The standard InChI is InChI=1S/C13H15BrO3S/c14-11-4-6-12(7-5-11)18(16,17)9-8-10-2-1-3-13(10)15/h4-7,10H,1-3,8-9H2. The van der Waals surface area contributed by atoms with E-state index < -0.39 is 9.84 Å². The fraction of sp³-hybridized carbons (Fsp3) is 0.462. The Morgan fingerprint density at radius 1 is 1.22 bits per heavy atom. The van der Waals surface area contributed by atoms with E-state index in [1.165, 1.54) is 0 Å². The van der Waals surface area contributed by atoms with E-state index in [1.54, 1.807) is 24.3 Å². The van der Waals surface area contributed by atoms with Crippen molar-refractivity contribution in [3.05, 3.63) is 28.7 Å². The molecule has 0 amide bonds. The summed E-state index contributed by atoms with van der Waals surface area (Å²) in [4.78, 5) is 11.8. The Bertz CT molecular complexity index is 534. The summed E-state index contributed by atoms with van der Waals surface area (Å²) in [5, 5.41) is 0. The second kappa shape index (κ2) is 5.53. The number of hydrogen-bond donors (Lipinski definition) is 0. The van der Waals surface area contributed by atoms with E-state index in [9.17, 15) is 13.2 Å². The van der Waals surface area contributed by atoms with Crippen molar-refractivity contribution in [2.24, 2.45) is 5.92 Å². The SMILES string of the molecule is O=C1CCCC1CCS(=O)(=O)c1ccc(Br)cc1. The molecule has 18 heavy (non-hydrogen) atoms. The molecule has 1 unspecified atom stereocenters. The quantitative estimate of drug-likeness (QED) is 0.852. The second-order valence-electron chi connectivity index (χ2n) is 4.62. The van der Waals surface area contributed by atoms with Gasteiger partial charge in [-0.15, -0.1) is 0 Å². The van der Waals surface area contributed by atoms with E-state index >= 15 is 0 Å². The van der Waals surface area contributed by atoms with Crippen LogP contribution < -0.4 is 0 Å². The summed E-state index contributed by atoms with van der Waals surface area (Å²) >= 11 is 3.27. The molecule has 0 saturated heterocycles. The normalized spacial score (nSPS) is 20.3. The Labute approximate surface area is 116 Å². The van der Waals surface area contributed by atoms with Gasteiger partial charge in [-0.25, -0.2) is 8.42 Å². The molecule has 1 atom stereocenters. The predicted molar refractivity (Wildman–Crippen MR) is 73.2 cm³/mol. The van der Waals surface area contributed by atoms with Crippen LogP contribution in [0.25, 0.3) is 0 Å². The van der Waals surface area contributed by atoms with Crippen LogP contribution in [0.4, 0.5) is 0 Å². The van der Waals surface area contributed by atoms with Gasteiger partial charge < -0.3 is 0 Å². The lowest BCUT2D eigenvalue weighted by Gasteiger charge is -2.08. The number of Topliss-reactive ketones (excluding diaryl/α,β-unsaturated/α-hetero) is 1. The Hall–Kier alpha value is -0.680. The Balaban J connectivity index is 2.03. The molecule has 0 radical (unpaired) electrons. The minimum atomic E-state index is -3.26. The lowest BCUT2D eigenvalue weighted by atomic mass is 10.1. The number of hydrogen-bond acceptors (Lipinski definition) is 3. The monoisotopic (exact) mass is 330 g/mol. The first-order valence-corrected chi connectivity index (χ1v) is 8.44. The zero-order valence-electron chi connectivity index (χ0n) is 9.93. The van der Waals surface area contributed by atoms with E-state index in [1.807, 2.05) is 0 Å². The third kappa shape index (κ3) is 3.20. The van der Waals surface area contributed by atoms with E-state index in [4.69, 9.17) is 0 Å². The average Bonchev–Trinajstić information content (AvgIpc) is 2.73. The van der Waals surface area contributed by atoms with Crippen LogP contribution in [0.5, 0.6) is 0 Å². The molecule has 1 aromatic carbocycles. The minimum Gasteiger partial charge on any atom is -0.299 e. The van der Waals surface area contributed by atoms with E-state index in [0.717, 1.165) is 17.3 Å². The van der Waals surface area contributed by atoms with Crippen molar-refractivity contribution in [2.75, 3.05) is 5.75 Å². The van der Waals surface area contributed by atoms with Crippen LogP contribution in [0.2, 0.25) is 0 Å². The van der Waals surface area contributed by atoms with Gasteiger partial charge in [-0.3, -0.25) is 4.79 Å². The first-order chi connectivity index (χ1) is 8.49. The molecule has 98 valence electrons. The maximum atomic E-state index is 12.1. The lowest BCUT2D eigenvalue weighted by Crippen LogP contribution is -2.14. The van der Waals surface area contributed by atoms with Gasteiger partial charge in [0.2, 0.25) is 0 Å². The summed E-state index contributed by atoms with van der Waals surface area (Å²) in [6.45, 7) is 0. The molecule has 0 aromatic heterocycles. The molecule has 0 N–H and O–H groups in total. The van der Waals surface area contributed by atoms with Crippen molar-refractivity contribution in [2.45, 2.75) is 30.6 Å². The molecule has 2 rings (SSSR count). The van der Waals surface area contributed by atoms with Crippen LogP contribution in [0.3, 0.4) is 0 Å². The molecule has 0 heterocycles. The molecule has 0 bridgehead atoms. The molecule has 1 aliphatic carbocycles. The Morgan fingerprint density at radius 2 is 1.89 bits per heavy atom. The number of rotatable bonds is 4. The van der Waals surface area contributed by atoms with Gasteiger partial charge in [0.25, 0.3) is 0 Å². The van der Waals surface area contributed by atoms with Crippen LogP contribution in [-0.2, 0) is 14.6 Å². The molecular weight excluding hydrogens is 316 g/mol. The Kier molecular flexibility index (Phi) is 4.22. The summed E-state index contributed by atoms with van der Waals surface area (Å²) in [7, 11) is -3.26. The highest BCUT2D eigenvalue weighted by molar-refractivity contribution is 9.10. The fourth-order valence-electron chi connectivity index (χ4n) is 2.25. The number of carbonyl (C=O) groups excluding carboxylic acids is 1. The van der Waals surface area contributed by atoms with Crippen LogP contribution in [0.1, 0.15) is 25.7 Å². The summed E-state index contributed by atoms with van der Waals surface area (Å²) < 4.78 is 25.0. The number of carbonyl (C=O) groups is 1. The largest absolute Gasteiger partial charge is 0.299 e. The first-order valence-electron chi connectivity index (χ1n) is 6.00. The topological polar surface area (TPSA) is 51.2 Å². The predicted octanol–water partition coefficient (Wildman–Crippen LogP) is 2.98. The van der Waals surface area contributed by atoms with Gasteiger partial charge in [-0.05, 0) is 43.5 Å². The molecular formula is C13H15BrO3S. The summed E-state index contributed by atoms with van der Waals surface area (Å²) in [6.07, 6.45) is 2.82. The zero-order chi connectivity index (χ0) is 13.2. The van der Waals surface area contributed by atoms with Crippen molar-refractivity contribution in [3.8, 4) is 0 Å². The van der Waals surface area contributed by atoms with Crippen LogP contribution in [0.15, 0.2) is 33.6 Å². The average molecular weight is 331 g/mol. The molecule has 3 nitrogen and oxygen atoms in total. The van der Waals surface area contributed by atoms with Gasteiger partial charge in [0, 0.05) is 16.8 Å². The summed E-state index contributed by atoms with van der Waals surface area (Å²) in [6, 6.07) is 6.62. The van der Waals surface area contributed by atoms with Crippen molar-refractivity contribution < 1.29 is 13.2 Å². The lowest BCUT2D eigenvalue weighted by molar-refractivity contribution is -0.120. The van der Waals surface area contributed by atoms with Gasteiger partial charge >= 0.3 is 0 Å². The zero-order valence-corrected chi connectivity index (χ0v) is 12.3. The third-order valence-electron chi connectivity index (χ3n) is 3.34. The number of sulfone groups is 1. The third-order valence-corrected chi connectivity index (χ3v) is 5.63. The van der Waals surface area contributed by atoms with E-state index in [2.05, 4.69) is 15.9 Å². The van der Waals surface area contributed by atoms with E-state index in [0.29, 0.717) is 17.7 Å². The minimum absolute atomic E-state index is 0.0461. The number of halogens is 1. The molecule has 1 aliphatic rings.